The van der Waals surface area contributed by atoms with Crippen LogP contribution in [0.25, 0.3) is 0 Å². The number of nitrogens with two attached hydrogens (primary N) is 1. The molecule has 2 aromatic rings. The molecular formula is C20H26N4. The molecule has 0 aliphatic carbocycles. The van der Waals surface area contributed by atoms with E-state index in [4.69, 9.17) is 10.7 Å². The second kappa shape index (κ2) is 7.56. The first kappa shape index (κ1) is 16.6. The molecule has 1 aromatic carbocycles. The van der Waals surface area contributed by atoms with Crippen LogP contribution in [0.1, 0.15) is 61.7 Å². The van der Waals surface area contributed by atoms with Crippen molar-refractivity contribution in [2.45, 2.75) is 58.3 Å². The molecule has 0 saturated heterocycles. The quantitative estimate of drug-likeness (QED) is 0.769. The highest BCUT2D eigenvalue weighted by molar-refractivity contribution is 5.83. The summed E-state index contributed by atoms with van der Waals surface area (Å²) < 4.78 is 0. The number of rotatable bonds is 7. The van der Waals surface area contributed by atoms with Gasteiger partial charge in [0.2, 0.25) is 0 Å². The third-order valence-electron chi connectivity index (χ3n) is 4.61. The van der Waals surface area contributed by atoms with Gasteiger partial charge in [0, 0.05) is 18.6 Å². The zero-order valence-corrected chi connectivity index (χ0v) is 14.6. The summed E-state index contributed by atoms with van der Waals surface area (Å²) in [6.45, 7) is 4.38. The summed E-state index contributed by atoms with van der Waals surface area (Å²) in [5, 5.41) is 0. The topological polar surface area (TPSA) is 64.2 Å². The molecule has 0 spiro atoms. The van der Waals surface area contributed by atoms with E-state index in [-0.39, 0.29) is 5.92 Å². The number of aliphatic imine (C=N–C) groups is 1. The van der Waals surface area contributed by atoms with E-state index in [0.717, 1.165) is 42.9 Å². The van der Waals surface area contributed by atoms with Gasteiger partial charge in [-0.25, -0.2) is 9.97 Å². The van der Waals surface area contributed by atoms with Crippen LogP contribution >= 0.6 is 0 Å². The number of aromatic nitrogens is 2. The molecule has 1 unspecified atom stereocenters. The zero-order valence-electron chi connectivity index (χ0n) is 14.6. The molecule has 24 heavy (non-hydrogen) atoms. The largest absolute Gasteiger partial charge is 0.382 e. The monoisotopic (exact) mass is 322 g/mol. The minimum absolute atomic E-state index is 0.197. The van der Waals surface area contributed by atoms with E-state index in [1.807, 2.05) is 6.21 Å². The minimum atomic E-state index is 0.197. The SMILES string of the molecule is CCCCCc1nc(N)c2c(n1)C(Cc1ccc(CC)cc1)C=N2. The average molecular weight is 322 g/mol. The molecular weight excluding hydrogens is 296 g/mol. The second-order valence-corrected chi connectivity index (χ2v) is 6.47. The average Bonchev–Trinajstić information content (AvgIpc) is 2.99. The number of hydrogen-bond donors (Lipinski definition) is 1. The minimum Gasteiger partial charge on any atom is -0.382 e. The number of nitrogen functional groups attached to an aromatic ring is 1. The van der Waals surface area contributed by atoms with E-state index >= 15 is 0 Å². The molecule has 0 fully saturated rings. The number of benzene rings is 1. The van der Waals surface area contributed by atoms with Gasteiger partial charge in [-0.2, -0.15) is 0 Å². The van der Waals surface area contributed by atoms with Crippen LogP contribution < -0.4 is 5.73 Å². The Morgan fingerprint density at radius 1 is 1.00 bits per heavy atom. The maximum atomic E-state index is 6.11. The van der Waals surface area contributed by atoms with Crippen LogP contribution in [0.15, 0.2) is 29.3 Å². The molecule has 4 nitrogen and oxygen atoms in total. The van der Waals surface area contributed by atoms with E-state index in [0.29, 0.717) is 5.82 Å². The van der Waals surface area contributed by atoms with Crippen LogP contribution in [-0.4, -0.2) is 16.2 Å². The van der Waals surface area contributed by atoms with Gasteiger partial charge in [0.15, 0.2) is 5.82 Å². The molecule has 2 N–H and O–H groups in total. The number of anilines is 1. The zero-order chi connectivity index (χ0) is 16.9. The number of aryl methyl sites for hydroxylation is 2. The molecule has 2 heterocycles. The first-order chi connectivity index (χ1) is 11.7. The van der Waals surface area contributed by atoms with Crippen LogP contribution in [0, 0.1) is 0 Å². The van der Waals surface area contributed by atoms with Gasteiger partial charge in [-0.3, -0.25) is 4.99 Å². The smallest absolute Gasteiger partial charge is 0.153 e. The molecule has 126 valence electrons. The van der Waals surface area contributed by atoms with Gasteiger partial charge in [-0.05, 0) is 30.4 Å². The number of hydrogen-bond acceptors (Lipinski definition) is 4. The molecule has 0 saturated carbocycles. The fourth-order valence-corrected chi connectivity index (χ4v) is 3.13. The standard InChI is InChI=1S/C20H26N4/c1-3-5-6-7-17-23-18-16(13-22-19(18)20(21)24-17)12-15-10-8-14(4-2)9-11-15/h8-11,13,16H,3-7,12H2,1-2H3,(H2,21,23,24). The van der Waals surface area contributed by atoms with Crippen molar-refractivity contribution in [2.75, 3.05) is 5.73 Å². The van der Waals surface area contributed by atoms with E-state index in [2.05, 4.69) is 48.1 Å². The van der Waals surface area contributed by atoms with Gasteiger partial charge in [0.1, 0.15) is 11.5 Å². The Morgan fingerprint density at radius 2 is 1.75 bits per heavy atom. The number of fused-ring (bicyclic) bond motifs is 1. The lowest BCUT2D eigenvalue weighted by Crippen LogP contribution is -2.08. The lowest BCUT2D eigenvalue weighted by molar-refractivity contribution is 0.688. The van der Waals surface area contributed by atoms with Crippen LogP contribution in [0.5, 0.6) is 0 Å². The van der Waals surface area contributed by atoms with Crippen molar-refractivity contribution < 1.29 is 0 Å². The normalized spacial score (nSPS) is 15.7. The predicted molar refractivity (Wildman–Crippen MR) is 100 cm³/mol. The molecule has 4 heteroatoms. The van der Waals surface area contributed by atoms with E-state index in [1.165, 1.54) is 24.0 Å². The van der Waals surface area contributed by atoms with Gasteiger partial charge >= 0.3 is 0 Å². The predicted octanol–water partition coefficient (Wildman–Crippen LogP) is 4.40. The summed E-state index contributed by atoms with van der Waals surface area (Å²) in [5.74, 6) is 1.57. The van der Waals surface area contributed by atoms with Gasteiger partial charge in [0.25, 0.3) is 0 Å². The van der Waals surface area contributed by atoms with E-state index in [1.54, 1.807) is 0 Å². The molecule has 3 rings (SSSR count). The van der Waals surface area contributed by atoms with Crippen molar-refractivity contribution >= 4 is 17.7 Å². The first-order valence-corrected chi connectivity index (χ1v) is 8.99. The van der Waals surface area contributed by atoms with Crippen LogP contribution in [0.3, 0.4) is 0 Å². The molecule has 1 aliphatic heterocycles. The van der Waals surface area contributed by atoms with Gasteiger partial charge in [-0.15, -0.1) is 0 Å². The Hall–Kier alpha value is -2.23. The highest BCUT2D eigenvalue weighted by Gasteiger charge is 2.24. The van der Waals surface area contributed by atoms with E-state index in [9.17, 15) is 0 Å². The lowest BCUT2D eigenvalue weighted by Gasteiger charge is -2.11. The van der Waals surface area contributed by atoms with Gasteiger partial charge < -0.3 is 5.73 Å². The molecule has 0 amide bonds. The van der Waals surface area contributed by atoms with Crippen LogP contribution in [0.4, 0.5) is 11.5 Å². The summed E-state index contributed by atoms with van der Waals surface area (Å²) in [7, 11) is 0. The molecule has 1 aromatic heterocycles. The van der Waals surface area contributed by atoms with Crippen molar-refractivity contribution in [1.82, 2.24) is 9.97 Å². The Morgan fingerprint density at radius 3 is 2.46 bits per heavy atom. The molecule has 0 bridgehead atoms. The van der Waals surface area contributed by atoms with Crippen molar-refractivity contribution in [3.05, 3.63) is 46.9 Å². The second-order valence-electron chi connectivity index (χ2n) is 6.47. The first-order valence-electron chi connectivity index (χ1n) is 8.99. The highest BCUT2D eigenvalue weighted by Crippen LogP contribution is 2.36. The third kappa shape index (κ3) is 3.64. The van der Waals surface area contributed by atoms with Crippen molar-refractivity contribution in [1.29, 1.82) is 0 Å². The Labute approximate surface area is 144 Å². The Kier molecular flexibility index (Phi) is 5.24. The van der Waals surface area contributed by atoms with E-state index < -0.39 is 0 Å². The van der Waals surface area contributed by atoms with Gasteiger partial charge in [0.05, 0.1) is 5.69 Å². The van der Waals surface area contributed by atoms with Crippen molar-refractivity contribution in [2.24, 2.45) is 4.99 Å². The summed E-state index contributed by atoms with van der Waals surface area (Å²) >= 11 is 0. The Bertz CT molecular complexity index is 719. The van der Waals surface area contributed by atoms with Crippen LogP contribution in [0.2, 0.25) is 0 Å². The number of unbranched alkanes of at least 4 members (excludes halogenated alkanes) is 2. The molecule has 1 aliphatic rings. The highest BCUT2D eigenvalue weighted by atomic mass is 15.0. The maximum Gasteiger partial charge on any atom is 0.153 e. The summed E-state index contributed by atoms with van der Waals surface area (Å²) in [4.78, 5) is 13.7. The Balaban J connectivity index is 1.77. The van der Waals surface area contributed by atoms with Crippen molar-refractivity contribution in [3.8, 4) is 0 Å². The van der Waals surface area contributed by atoms with Crippen LogP contribution in [-0.2, 0) is 19.3 Å². The number of nitrogens with zero attached hydrogens (tertiary/aromatic N) is 3. The summed E-state index contributed by atoms with van der Waals surface area (Å²) in [6, 6.07) is 8.81. The summed E-state index contributed by atoms with van der Waals surface area (Å²) in [5.41, 5.74) is 10.5. The fraction of sp³-hybridized carbons (Fsp3) is 0.450. The molecule has 0 radical (unpaired) electrons. The van der Waals surface area contributed by atoms with Crippen molar-refractivity contribution in [3.63, 3.8) is 0 Å². The summed E-state index contributed by atoms with van der Waals surface area (Å²) in [6.07, 6.45) is 8.34. The third-order valence-corrected chi connectivity index (χ3v) is 4.61. The van der Waals surface area contributed by atoms with Gasteiger partial charge in [-0.1, -0.05) is 51.0 Å². The maximum absolute atomic E-state index is 6.11. The molecule has 1 atom stereocenters. The lowest BCUT2D eigenvalue weighted by atomic mass is 9.96. The fourth-order valence-electron chi connectivity index (χ4n) is 3.13.